The molecule has 1 aromatic heterocycles. The van der Waals surface area contributed by atoms with Crippen LogP contribution in [0.1, 0.15) is 38.4 Å². The number of hydrogen-bond acceptors (Lipinski definition) is 4. The molecule has 0 bridgehead atoms. The van der Waals surface area contributed by atoms with Crippen molar-refractivity contribution in [1.82, 2.24) is 14.9 Å². The molecule has 1 amide bonds. The molecule has 0 atom stereocenters. The Morgan fingerprint density at radius 2 is 1.55 bits per heavy atom. The maximum atomic E-state index is 12.7. The molecule has 6 nitrogen and oxygen atoms in total. The van der Waals surface area contributed by atoms with Crippen molar-refractivity contribution in [2.75, 3.05) is 31.1 Å². The van der Waals surface area contributed by atoms with Crippen LogP contribution >= 0.6 is 0 Å². The minimum absolute atomic E-state index is 0.211. The average Bonchev–Trinajstić information content (AvgIpc) is 3.22. The molecular weight excluding hydrogens is 470 g/mol. The van der Waals surface area contributed by atoms with Crippen molar-refractivity contribution in [2.24, 2.45) is 5.10 Å². The van der Waals surface area contributed by atoms with E-state index < -0.39 is 0 Å². The van der Waals surface area contributed by atoms with E-state index in [1.54, 1.807) is 6.21 Å². The zero-order chi connectivity index (χ0) is 26.5. The number of carbonyl (C=O) groups excluding carboxylic acids is 1. The third-order valence-electron chi connectivity index (χ3n) is 7.22. The minimum Gasteiger partial charge on any atom is -0.369 e. The van der Waals surface area contributed by atoms with E-state index in [4.69, 9.17) is 0 Å². The first-order valence-electron chi connectivity index (χ1n) is 13.2. The van der Waals surface area contributed by atoms with Crippen molar-refractivity contribution in [1.29, 1.82) is 0 Å². The van der Waals surface area contributed by atoms with E-state index in [-0.39, 0.29) is 5.91 Å². The van der Waals surface area contributed by atoms with Crippen LogP contribution in [0.25, 0.3) is 5.69 Å². The second kappa shape index (κ2) is 11.5. The number of benzene rings is 3. The lowest BCUT2D eigenvalue weighted by Crippen LogP contribution is -2.45. The Hall–Kier alpha value is -4.16. The van der Waals surface area contributed by atoms with Crippen LogP contribution in [0.3, 0.4) is 0 Å². The van der Waals surface area contributed by atoms with Crippen LogP contribution in [0.2, 0.25) is 0 Å². The Balaban J connectivity index is 1.14. The standard InChI is InChI=1S/C32H35N5O/c1-24-8-7-11-31(20-24)37-25(2)21-29(26(37)3)22-33-34-32(38)28-14-12-27(13-15-28)23-35-16-18-36(19-17-35)30-9-5-4-6-10-30/h4-15,20-22H,16-19,23H2,1-3H3,(H,34,38)/b33-22-. The summed E-state index contributed by atoms with van der Waals surface area (Å²) in [7, 11) is 0. The zero-order valence-electron chi connectivity index (χ0n) is 22.4. The molecule has 1 fully saturated rings. The molecule has 6 heteroatoms. The predicted molar refractivity (Wildman–Crippen MR) is 155 cm³/mol. The van der Waals surface area contributed by atoms with Gasteiger partial charge in [0.1, 0.15) is 0 Å². The zero-order valence-corrected chi connectivity index (χ0v) is 22.4. The Bertz CT molecular complexity index is 1410. The van der Waals surface area contributed by atoms with Crippen LogP contribution in [0, 0.1) is 20.8 Å². The van der Waals surface area contributed by atoms with Gasteiger partial charge in [-0.25, -0.2) is 5.43 Å². The second-order valence-electron chi connectivity index (χ2n) is 10.00. The molecule has 1 aliphatic rings. The van der Waals surface area contributed by atoms with Gasteiger partial charge in [0.15, 0.2) is 0 Å². The highest BCUT2D eigenvalue weighted by atomic mass is 16.2. The van der Waals surface area contributed by atoms with Crippen molar-refractivity contribution >= 4 is 17.8 Å². The molecule has 0 spiro atoms. The summed E-state index contributed by atoms with van der Waals surface area (Å²) in [4.78, 5) is 17.6. The number of aryl methyl sites for hydroxylation is 2. The number of para-hydroxylation sites is 1. The Kier molecular flexibility index (Phi) is 7.70. The number of hydrogen-bond donors (Lipinski definition) is 1. The smallest absolute Gasteiger partial charge is 0.271 e. The quantitative estimate of drug-likeness (QED) is 0.267. The number of nitrogens with zero attached hydrogens (tertiary/aromatic N) is 4. The monoisotopic (exact) mass is 505 g/mol. The normalized spacial score (nSPS) is 14.2. The van der Waals surface area contributed by atoms with Gasteiger partial charge < -0.3 is 9.47 Å². The van der Waals surface area contributed by atoms with Crippen molar-refractivity contribution in [3.8, 4) is 5.69 Å². The van der Waals surface area contributed by atoms with Crippen LogP contribution in [0.4, 0.5) is 5.69 Å². The Morgan fingerprint density at radius 1 is 0.842 bits per heavy atom. The highest BCUT2D eigenvalue weighted by molar-refractivity contribution is 5.95. The van der Waals surface area contributed by atoms with Gasteiger partial charge in [0, 0.05) is 66.6 Å². The summed E-state index contributed by atoms with van der Waals surface area (Å²) in [5.74, 6) is -0.211. The molecule has 0 unspecified atom stereocenters. The van der Waals surface area contributed by atoms with Gasteiger partial charge in [0.2, 0.25) is 0 Å². The van der Waals surface area contributed by atoms with Gasteiger partial charge in [-0.05, 0) is 74.4 Å². The minimum atomic E-state index is -0.211. The topological polar surface area (TPSA) is 52.9 Å². The molecule has 4 aromatic rings. The van der Waals surface area contributed by atoms with Crippen molar-refractivity contribution in [2.45, 2.75) is 27.3 Å². The molecule has 0 radical (unpaired) electrons. The Morgan fingerprint density at radius 3 is 2.26 bits per heavy atom. The van der Waals surface area contributed by atoms with E-state index in [0.29, 0.717) is 5.56 Å². The van der Waals surface area contributed by atoms with Gasteiger partial charge in [0.25, 0.3) is 5.91 Å². The first-order chi connectivity index (χ1) is 18.5. The summed E-state index contributed by atoms with van der Waals surface area (Å²) in [6.07, 6.45) is 1.72. The predicted octanol–water partition coefficient (Wildman–Crippen LogP) is 5.49. The summed E-state index contributed by atoms with van der Waals surface area (Å²) in [5.41, 5.74) is 11.3. The first-order valence-corrected chi connectivity index (χ1v) is 13.2. The van der Waals surface area contributed by atoms with Gasteiger partial charge in [0.05, 0.1) is 6.21 Å². The lowest BCUT2D eigenvalue weighted by molar-refractivity contribution is 0.0955. The van der Waals surface area contributed by atoms with E-state index in [2.05, 4.69) is 106 Å². The molecule has 1 N–H and O–H groups in total. The molecule has 194 valence electrons. The van der Waals surface area contributed by atoms with Crippen molar-refractivity contribution in [3.63, 3.8) is 0 Å². The van der Waals surface area contributed by atoms with Crippen LogP contribution in [-0.2, 0) is 6.54 Å². The summed E-state index contributed by atoms with van der Waals surface area (Å²) in [6, 6.07) is 28.9. The number of piperazine rings is 1. The summed E-state index contributed by atoms with van der Waals surface area (Å²) in [5, 5.41) is 4.24. The fourth-order valence-corrected chi connectivity index (χ4v) is 5.13. The highest BCUT2D eigenvalue weighted by Gasteiger charge is 2.17. The van der Waals surface area contributed by atoms with Crippen molar-refractivity contribution in [3.05, 3.63) is 119 Å². The van der Waals surface area contributed by atoms with Crippen LogP contribution in [-0.4, -0.2) is 47.8 Å². The number of anilines is 1. The van der Waals surface area contributed by atoms with Gasteiger partial charge in [-0.2, -0.15) is 5.10 Å². The van der Waals surface area contributed by atoms with Crippen molar-refractivity contribution < 1.29 is 4.79 Å². The van der Waals surface area contributed by atoms with Crippen LogP contribution in [0.15, 0.2) is 90.0 Å². The van der Waals surface area contributed by atoms with Gasteiger partial charge in [-0.3, -0.25) is 9.69 Å². The highest BCUT2D eigenvalue weighted by Crippen LogP contribution is 2.21. The van der Waals surface area contributed by atoms with Crippen LogP contribution < -0.4 is 10.3 Å². The summed E-state index contributed by atoms with van der Waals surface area (Å²) < 4.78 is 2.20. The number of aromatic nitrogens is 1. The number of rotatable bonds is 7. The lowest BCUT2D eigenvalue weighted by Gasteiger charge is -2.36. The van der Waals surface area contributed by atoms with Gasteiger partial charge in [-0.1, -0.05) is 42.5 Å². The summed E-state index contributed by atoms with van der Waals surface area (Å²) in [6.45, 7) is 11.2. The van der Waals surface area contributed by atoms with Crippen LogP contribution in [0.5, 0.6) is 0 Å². The number of carbonyl (C=O) groups is 1. The second-order valence-corrected chi connectivity index (χ2v) is 10.00. The molecule has 38 heavy (non-hydrogen) atoms. The fraction of sp³-hybridized carbons (Fsp3) is 0.250. The third kappa shape index (κ3) is 5.87. The largest absolute Gasteiger partial charge is 0.369 e. The third-order valence-corrected chi connectivity index (χ3v) is 7.22. The molecule has 1 saturated heterocycles. The molecule has 0 aliphatic carbocycles. The van der Waals surface area contributed by atoms with Gasteiger partial charge in [-0.15, -0.1) is 0 Å². The molecule has 5 rings (SSSR count). The number of hydrazone groups is 1. The number of nitrogens with one attached hydrogen (secondary N) is 1. The first kappa shape index (κ1) is 25.5. The van der Waals surface area contributed by atoms with E-state index in [1.165, 1.54) is 16.8 Å². The molecule has 3 aromatic carbocycles. The molecular formula is C32H35N5O. The lowest BCUT2D eigenvalue weighted by atomic mass is 10.1. The Labute approximate surface area is 225 Å². The summed E-state index contributed by atoms with van der Waals surface area (Å²) >= 11 is 0. The van der Waals surface area contributed by atoms with E-state index in [9.17, 15) is 4.79 Å². The average molecular weight is 506 g/mol. The molecule has 0 saturated carbocycles. The van der Waals surface area contributed by atoms with E-state index in [0.717, 1.165) is 55.4 Å². The van der Waals surface area contributed by atoms with E-state index in [1.807, 2.05) is 24.3 Å². The van der Waals surface area contributed by atoms with Gasteiger partial charge >= 0.3 is 0 Å². The van der Waals surface area contributed by atoms with E-state index >= 15 is 0 Å². The SMILES string of the molecule is Cc1cccc(-n2c(C)cc(/C=N\NC(=O)c3ccc(CN4CCN(c5ccccc5)CC4)cc3)c2C)c1. The molecule has 2 heterocycles. The maximum absolute atomic E-state index is 12.7. The fourth-order valence-electron chi connectivity index (χ4n) is 5.13. The number of amides is 1. The molecule has 1 aliphatic heterocycles. The maximum Gasteiger partial charge on any atom is 0.271 e.